The number of hydrogen-bond acceptors (Lipinski definition) is 3. The third-order valence-corrected chi connectivity index (χ3v) is 7.77. The highest BCUT2D eigenvalue weighted by Crippen LogP contribution is 2.15. The SMILES string of the molecule is CCCCCCCCCCCCCCCC(=O)N(CCCCCCCCCCCCCC)CC(O)CO. The van der Waals surface area contributed by atoms with E-state index >= 15 is 0 Å². The van der Waals surface area contributed by atoms with Gasteiger partial charge in [-0.05, 0) is 12.8 Å². The first-order valence-corrected chi connectivity index (χ1v) is 16.7. The fourth-order valence-electron chi connectivity index (χ4n) is 5.23. The number of carbonyl (C=O) groups excluding carboxylic acids is 1. The molecule has 0 aromatic rings. The van der Waals surface area contributed by atoms with Crippen LogP contribution in [0.4, 0.5) is 0 Å². The summed E-state index contributed by atoms with van der Waals surface area (Å²) in [5, 5.41) is 19.2. The third kappa shape index (κ3) is 26.8. The molecule has 1 amide bonds. The van der Waals surface area contributed by atoms with Gasteiger partial charge in [0.1, 0.15) is 0 Å². The predicted molar refractivity (Wildman–Crippen MR) is 161 cm³/mol. The lowest BCUT2D eigenvalue weighted by molar-refractivity contribution is -0.133. The number of aliphatic hydroxyl groups is 2. The van der Waals surface area contributed by atoms with Gasteiger partial charge in [0.05, 0.1) is 12.7 Å². The van der Waals surface area contributed by atoms with Gasteiger partial charge in [0, 0.05) is 19.5 Å². The van der Waals surface area contributed by atoms with E-state index in [-0.39, 0.29) is 19.1 Å². The molecule has 4 nitrogen and oxygen atoms in total. The number of carbonyl (C=O) groups is 1. The Balaban J connectivity index is 3.77. The number of hydrogen-bond donors (Lipinski definition) is 2. The van der Waals surface area contributed by atoms with Gasteiger partial charge >= 0.3 is 0 Å². The Morgan fingerprint density at radius 1 is 0.541 bits per heavy atom. The second-order valence-electron chi connectivity index (χ2n) is 11.6. The molecule has 0 radical (unpaired) electrons. The minimum Gasteiger partial charge on any atom is -0.394 e. The normalized spacial score (nSPS) is 12.2. The number of nitrogens with zero attached hydrogens (tertiary/aromatic N) is 1. The molecule has 2 N–H and O–H groups in total. The lowest BCUT2D eigenvalue weighted by atomic mass is 10.0. The summed E-state index contributed by atoms with van der Waals surface area (Å²) >= 11 is 0. The minimum absolute atomic E-state index is 0.152. The summed E-state index contributed by atoms with van der Waals surface area (Å²) in [7, 11) is 0. The number of amides is 1. The first-order valence-electron chi connectivity index (χ1n) is 16.7. The molecule has 0 aromatic heterocycles. The van der Waals surface area contributed by atoms with E-state index < -0.39 is 6.10 Å². The average molecular weight is 526 g/mol. The fraction of sp³-hybridized carbons (Fsp3) is 0.970. The number of rotatable bonds is 30. The van der Waals surface area contributed by atoms with Gasteiger partial charge in [-0.3, -0.25) is 4.79 Å². The Bertz CT molecular complexity index is 457. The van der Waals surface area contributed by atoms with Crippen LogP contribution in [0, 0.1) is 0 Å². The topological polar surface area (TPSA) is 60.8 Å². The molecule has 0 aliphatic carbocycles. The van der Waals surface area contributed by atoms with Crippen molar-refractivity contribution in [3.8, 4) is 0 Å². The van der Waals surface area contributed by atoms with E-state index in [0.717, 1.165) is 25.7 Å². The van der Waals surface area contributed by atoms with Gasteiger partial charge in [0.15, 0.2) is 0 Å². The average Bonchev–Trinajstić information content (AvgIpc) is 2.90. The summed E-state index contributed by atoms with van der Waals surface area (Å²) in [5.41, 5.74) is 0. The molecule has 0 fully saturated rings. The summed E-state index contributed by atoms with van der Waals surface area (Å²) in [5.74, 6) is 0.152. The predicted octanol–water partition coefficient (Wildman–Crippen LogP) is 9.35. The van der Waals surface area contributed by atoms with Crippen molar-refractivity contribution in [1.29, 1.82) is 0 Å². The van der Waals surface area contributed by atoms with Gasteiger partial charge in [0.2, 0.25) is 5.91 Å². The standard InChI is InChI=1S/C33H67NO3/c1-3-5-7-9-11-13-15-17-18-20-22-24-26-28-33(37)34(30-32(36)31-35)29-27-25-23-21-19-16-14-12-10-8-6-4-2/h32,35-36H,3-31H2,1-2H3. The van der Waals surface area contributed by atoms with Crippen LogP contribution >= 0.6 is 0 Å². The molecule has 0 rings (SSSR count). The van der Waals surface area contributed by atoms with Crippen LogP contribution in [0.25, 0.3) is 0 Å². The molecule has 0 saturated heterocycles. The van der Waals surface area contributed by atoms with Crippen molar-refractivity contribution in [2.24, 2.45) is 0 Å². The summed E-state index contributed by atoms with van der Waals surface area (Å²) < 4.78 is 0. The van der Waals surface area contributed by atoms with Crippen molar-refractivity contribution in [3.05, 3.63) is 0 Å². The highest BCUT2D eigenvalue weighted by molar-refractivity contribution is 5.76. The van der Waals surface area contributed by atoms with E-state index in [1.807, 2.05) is 0 Å². The van der Waals surface area contributed by atoms with Crippen LogP contribution in [0.3, 0.4) is 0 Å². The highest BCUT2D eigenvalue weighted by atomic mass is 16.3. The second-order valence-corrected chi connectivity index (χ2v) is 11.6. The lowest BCUT2D eigenvalue weighted by Gasteiger charge is -2.25. The monoisotopic (exact) mass is 526 g/mol. The molecule has 0 spiro atoms. The van der Waals surface area contributed by atoms with Crippen molar-refractivity contribution in [2.45, 2.75) is 187 Å². The molecule has 4 heteroatoms. The van der Waals surface area contributed by atoms with Crippen LogP contribution in [-0.4, -0.2) is 46.8 Å². The maximum atomic E-state index is 12.8. The van der Waals surface area contributed by atoms with Crippen molar-refractivity contribution < 1.29 is 15.0 Å². The van der Waals surface area contributed by atoms with Crippen LogP contribution in [0.2, 0.25) is 0 Å². The summed E-state index contributed by atoms with van der Waals surface area (Å²) in [6, 6.07) is 0. The van der Waals surface area contributed by atoms with Gasteiger partial charge < -0.3 is 15.1 Å². The molecular formula is C33H67NO3. The van der Waals surface area contributed by atoms with E-state index in [9.17, 15) is 15.0 Å². The Hall–Kier alpha value is -0.610. The van der Waals surface area contributed by atoms with Crippen molar-refractivity contribution in [2.75, 3.05) is 19.7 Å². The van der Waals surface area contributed by atoms with Crippen LogP contribution in [0.1, 0.15) is 181 Å². The van der Waals surface area contributed by atoms with E-state index in [2.05, 4.69) is 13.8 Å². The first-order chi connectivity index (χ1) is 18.2. The third-order valence-electron chi connectivity index (χ3n) is 7.77. The Kier molecular flexibility index (Phi) is 29.4. The molecule has 0 bridgehead atoms. The van der Waals surface area contributed by atoms with E-state index in [1.165, 1.54) is 135 Å². The number of aliphatic hydroxyl groups excluding tert-OH is 2. The van der Waals surface area contributed by atoms with Gasteiger partial charge in [-0.25, -0.2) is 0 Å². The maximum absolute atomic E-state index is 12.8. The van der Waals surface area contributed by atoms with Gasteiger partial charge in [0.25, 0.3) is 0 Å². The zero-order chi connectivity index (χ0) is 27.2. The summed E-state index contributed by atoms with van der Waals surface area (Å²) in [6.45, 7) is 5.25. The second kappa shape index (κ2) is 29.9. The molecule has 1 atom stereocenters. The molecule has 222 valence electrons. The van der Waals surface area contributed by atoms with Gasteiger partial charge in [-0.2, -0.15) is 0 Å². The molecule has 37 heavy (non-hydrogen) atoms. The Morgan fingerprint density at radius 2 is 0.865 bits per heavy atom. The first kappa shape index (κ1) is 36.4. The summed E-state index contributed by atoms with van der Waals surface area (Å²) in [4.78, 5) is 14.6. The van der Waals surface area contributed by atoms with Crippen LogP contribution < -0.4 is 0 Å². The van der Waals surface area contributed by atoms with Gasteiger partial charge in [-0.1, -0.05) is 162 Å². The number of unbranched alkanes of at least 4 members (excludes halogenated alkanes) is 23. The molecule has 0 aliphatic rings. The largest absolute Gasteiger partial charge is 0.394 e. The lowest BCUT2D eigenvalue weighted by Crippen LogP contribution is -2.39. The fourth-order valence-corrected chi connectivity index (χ4v) is 5.23. The zero-order valence-corrected chi connectivity index (χ0v) is 25.3. The quantitative estimate of drug-likeness (QED) is 0.0918. The van der Waals surface area contributed by atoms with Crippen LogP contribution in [0.15, 0.2) is 0 Å². The zero-order valence-electron chi connectivity index (χ0n) is 25.3. The van der Waals surface area contributed by atoms with Crippen molar-refractivity contribution >= 4 is 5.91 Å². The molecule has 1 unspecified atom stereocenters. The Morgan fingerprint density at radius 3 is 1.22 bits per heavy atom. The van der Waals surface area contributed by atoms with Crippen LogP contribution in [-0.2, 0) is 4.79 Å². The molecule has 0 heterocycles. The highest BCUT2D eigenvalue weighted by Gasteiger charge is 2.16. The minimum atomic E-state index is -0.826. The molecule has 0 saturated carbocycles. The molecular weight excluding hydrogens is 458 g/mol. The van der Waals surface area contributed by atoms with Crippen LogP contribution in [0.5, 0.6) is 0 Å². The maximum Gasteiger partial charge on any atom is 0.222 e. The van der Waals surface area contributed by atoms with Crippen molar-refractivity contribution in [1.82, 2.24) is 4.90 Å². The summed E-state index contributed by atoms with van der Waals surface area (Å²) in [6.07, 6.45) is 32.4. The van der Waals surface area contributed by atoms with Crippen molar-refractivity contribution in [3.63, 3.8) is 0 Å². The molecule has 0 aromatic carbocycles. The smallest absolute Gasteiger partial charge is 0.222 e. The Labute approximate surface area is 232 Å². The van der Waals surface area contributed by atoms with E-state index in [0.29, 0.717) is 13.0 Å². The van der Waals surface area contributed by atoms with Gasteiger partial charge in [-0.15, -0.1) is 0 Å². The molecule has 0 aliphatic heterocycles. The van der Waals surface area contributed by atoms with E-state index in [4.69, 9.17) is 0 Å². The van der Waals surface area contributed by atoms with E-state index in [1.54, 1.807) is 4.90 Å².